The number of hydrogen-bond acceptors (Lipinski definition) is 3. The number of fused-ring (bicyclic) bond motifs is 1. The number of ether oxygens (including phenoxy) is 1. The van der Waals surface area contributed by atoms with E-state index in [1.807, 2.05) is 0 Å². The molecule has 4 nitrogen and oxygen atoms in total. The molecule has 1 aliphatic rings. The molecule has 0 bridgehead atoms. The van der Waals surface area contributed by atoms with Crippen LogP contribution < -0.4 is 10.2 Å². The lowest BCUT2D eigenvalue weighted by molar-refractivity contribution is -0.203. The van der Waals surface area contributed by atoms with Crippen molar-refractivity contribution in [3.8, 4) is 5.75 Å². The Morgan fingerprint density at radius 1 is 1.14 bits per heavy atom. The highest BCUT2D eigenvalue weighted by Gasteiger charge is 2.53. The van der Waals surface area contributed by atoms with Gasteiger partial charge in [-0.3, -0.25) is 10.2 Å². The van der Waals surface area contributed by atoms with Crippen molar-refractivity contribution in [2.75, 3.05) is 6.61 Å². The number of carbonyl (C=O) groups is 1. The molecule has 1 fully saturated rings. The Morgan fingerprint density at radius 2 is 1.83 bits per heavy atom. The fraction of sp³-hybridized carbons (Fsp3) is 0.500. The van der Waals surface area contributed by atoms with Gasteiger partial charge in [-0.15, -0.1) is 0 Å². The number of unbranched alkanes of at least 4 members (excludes halogenated alkanes) is 2. The smallest absolute Gasteiger partial charge is 0.409 e. The predicted octanol–water partition coefficient (Wildman–Crippen LogP) is 5.53. The number of carbonyl (C=O) groups excluding carboxylic acids is 1. The monoisotopic (exact) mass is 408 g/mol. The Kier molecular flexibility index (Phi) is 6.08. The number of alkyl halides is 3. The summed E-state index contributed by atoms with van der Waals surface area (Å²) in [5.41, 5.74) is 1.56. The predicted molar refractivity (Wildman–Crippen MR) is 106 cm³/mol. The minimum Gasteiger partial charge on any atom is -0.493 e. The van der Waals surface area contributed by atoms with Crippen LogP contribution in [0.1, 0.15) is 58.1 Å². The van der Waals surface area contributed by atoms with E-state index in [0.717, 1.165) is 24.3 Å². The highest BCUT2D eigenvalue weighted by atomic mass is 19.4. The molecule has 1 aliphatic heterocycles. The van der Waals surface area contributed by atoms with Gasteiger partial charge in [0.15, 0.2) is 6.04 Å². The summed E-state index contributed by atoms with van der Waals surface area (Å²) in [6.07, 6.45) is -1.56. The summed E-state index contributed by atoms with van der Waals surface area (Å²) in [6, 6.07) is 8.07. The van der Waals surface area contributed by atoms with Gasteiger partial charge in [0.2, 0.25) is 5.91 Å². The Labute approximate surface area is 169 Å². The summed E-state index contributed by atoms with van der Waals surface area (Å²) in [7, 11) is 0. The Balaban J connectivity index is 2.06. The molecule has 1 amide bonds. The molecule has 0 spiro atoms. The van der Waals surface area contributed by atoms with Crippen LogP contribution >= 0.6 is 0 Å². The summed E-state index contributed by atoms with van der Waals surface area (Å²) < 4.78 is 48.5. The van der Waals surface area contributed by atoms with Gasteiger partial charge in [0.05, 0.1) is 6.61 Å². The zero-order valence-corrected chi connectivity index (χ0v) is 17.0. The van der Waals surface area contributed by atoms with Gasteiger partial charge in [-0.25, -0.2) is 0 Å². The van der Waals surface area contributed by atoms with Crippen molar-refractivity contribution in [2.45, 2.75) is 64.2 Å². The van der Waals surface area contributed by atoms with E-state index < -0.39 is 23.7 Å². The summed E-state index contributed by atoms with van der Waals surface area (Å²) in [4.78, 5) is 11.9. The first-order chi connectivity index (χ1) is 13.6. The second-order valence-corrected chi connectivity index (χ2v) is 8.09. The molecular formula is C22H27F3N2O2. The van der Waals surface area contributed by atoms with Crippen molar-refractivity contribution >= 4 is 16.7 Å². The minimum atomic E-state index is -4.57. The number of halogens is 3. The molecule has 1 heterocycles. The molecule has 0 radical (unpaired) electrons. The van der Waals surface area contributed by atoms with E-state index in [-0.39, 0.29) is 12.0 Å². The molecule has 158 valence electrons. The molecule has 0 aromatic heterocycles. The largest absolute Gasteiger partial charge is 0.493 e. The number of hydrazine groups is 1. The van der Waals surface area contributed by atoms with E-state index >= 15 is 0 Å². The highest BCUT2D eigenvalue weighted by Crippen LogP contribution is 2.45. The highest BCUT2D eigenvalue weighted by molar-refractivity contribution is 5.91. The Hall–Kier alpha value is -2.28. The van der Waals surface area contributed by atoms with Gasteiger partial charge in [-0.2, -0.15) is 18.2 Å². The second-order valence-electron chi connectivity index (χ2n) is 8.09. The number of benzene rings is 2. The zero-order chi connectivity index (χ0) is 21.2. The standard InChI is InChI=1S/C22H27F3N2O2/c1-4-5-8-13-29-18-12-11-17(15-9-6-7-10-16(15)18)20(22(23,24)25)27-21(2,3)14-19(28)26-27/h6-7,9-12,20H,4-5,8,13-14H2,1-3H3,(H,26,28). The summed E-state index contributed by atoms with van der Waals surface area (Å²) in [6.45, 7) is 5.89. The van der Waals surface area contributed by atoms with Crippen LogP contribution in [0.25, 0.3) is 10.8 Å². The van der Waals surface area contributed by atoms with E-state index in [1.54, 1.807) is 44.2 Å². The summed E-state index contributed by atoms with van der Waals surface area (Å²) in [5, 5.41) is 2.15. The van der Waals surface area contributed by atoms with Crippen molar-refractivity contribution in [3.63, 3.8) is 0 Å². The average molecular weight is 408 g/mol. The SMILES string of the molecule is CCCCCOc1ccc(C(N2NC(=O)CC2(C)C)C(F)(F)F)c2ccccc12. The van der Waals surface area contributed by atoms with Gasteiger partial charge in [0.1, 0.15) is 5.75 Å². The number of rotatable bonds is 7. The Bertz CT molecular complexity index is 880. The molecule has 0 saturated carbocycles. The maximum atomic E-state index is 14.2. The molecule has 1 N–H and O–H groups in total. The van der Waals surface area contributed by atoms with Gasteiger partial charge in [-0.05, 0) is 37.3 Å². The molecule has 2 aromatic carbocycles. The topological polar surface area (TPSA) is 41.6 Å². The van der Waals surface area contributed by atoms with Crippen molar-refractivity contribution in [2.24, 2.45) is 0 Å². The quantitative estimate of drug-likeness (QED) is 0.613. The summed E-state index contributed by atoms with van der Waals surface area (Å²) >= 11 is 0. The van der Waals surface area contributed by atoms with Crippen LogP contribution in [0.3, 0.4) is 0 Å². The molecule has 29 heavy (non-hydrogen) atoms. The lowest BCUT2D eigenvalue weighted by atomic mass is 9.93. The third-order valence-electron chi connectivity index (χ3n) is 5.28. The molecule has 1 saturated heterocycles. The molecule has 7 heteroatoms. The van der Waals surface area contributed by atoms with Crippen LogP contribution in [0.4, 0.5) is 13.2 Å². The minimum absolute atomic E-state index is 0.0101. The van der Waals surface area contributed by atoms with Crippen molar-refractivity contribution in [3.05, 3.63) is 42.0 Å². The molecule has 1 unspecified atom stereocenters. The maximum absolute atomic E-state index is 14.2. The normalized spacial score (nSPS) is 18.1. The molecule has 1 atom stereocenters. The van der Waals surface area contributed by atoms with Gasteiger partial charge in [0.25, 0.3) is 0 Å². The third kappa shape index (κ3) is 4.50. The first-order valence-electron chi connectivity index (χ1n) is 9.95. The zero-order valence-electron chi connectivity index (χ0n) is 17.0. The lowest BCUT2D eigenvalue weighted by Crippen LogP contribution is -2.51. The van der Waals surface area contributed by atoms with Crippen LogP contribution in [0.5, 0.6) is 5.75 Å². The number of nitrogens with one attached hydrogen (secondary N) is 1. The molecule has 3 rings (SSSR count). The third-order valence-corrected chi connectivity index (χ3v) is 5.28. The van der Waals surface area contributed by atoms with Gasteiger partial charge >= 0.3 is 6.18 Å². The Morgan fingerprint density at radius 3 is 2.41 bits per heavy atom. The van der Waals surface area contributed by atoms with Gasteiger partial charge in [-0.1, -0.05) is 50.1 Å². The number of amides is 1. The average Bonchev–Trinajstić information content (AvgIpc) is 2.91. The van der Waals surface area contributed by atoms with Crippen molar-refractivity contribution in [1.29, 1.82) is 0 Å². The van der Waals surface area contributed by atoms with Crippen LogP contribution in [0, 0.1) is 0 Å². The van der Waals surface area contributed by atoms with Crippen molar-refractivity contribution in [1.82, 2.24) is 10.4 Å². The summed E-state index contributed by atoms with van der Waals surface area (Å²) in [5.74, 6) is 0.163. The fourth-order valence-electron chi connectivity index (χ4n) is 3.87. The maximum Gasteiger partial charge on any atom is 0.409 e. The number of hydrogen-bond donors (Lipinski definition) is 1. The second kappa shape index (κ2) is 8.22. The molecule has 0 aliphatic carbocycles. The first-order valence-corrected chi connectivity index (χ1v) is 9.95. The molecule has 2 aromatic rings. The van der Waals surface area contributed by atoms with Gasteiger partial charge < -0.3 is 4.74 Å². The fourth-order valence-corrected chi connectivity index (χ4v) is 3.87. The van der Waals surface area contributed by atoms with E-state index in [1.165, 1.54) is 6.07 Å². The van der Waals surface area contributed by atoms with Crippen LogP contribution in [-0.2, 0) is 4.79 Å². The lowest BCUT2D eigenvalue weighted by Gasteiger charge is -2.38. The van der Waals surface area contributed by atoms with Crippen molar-refractivity contribution < 1.29 is 22.7 Å². The van der Waals surface area contributed by atoms with Gasteiger partial charge in [0, 0.05) is 17.3 Å². The van der Waals surface area contributed by atoms with Crippen LogP contribution in [0.2, 0.25) is 0 Å². The number of nitrogens with zero attached hydrogens (tertiary/aromatic N) is 1. The van der Waals surface area contributed by atoms with E-state index in [0.29, 0.717) is 23.1 Å². The van der Waals surface area contributed by atoms with Crippen LogP contribution in [0.15, 0.2) is 36.4 Å². The van der Waals surface area contributed by atoms with E-state index in [9.17, 15) is 18.0 Å². The van der Waals surface area contributed by atoms with Crippen LogP contribution in [-0.4, -0.2) is 29.2 Å². The molecular weight excluding hydrogens is 381 g/mol. The van der Waals surface area contributed by atoms with E-state index in [2.05, 4.69) is 12.3 Å². The van der Waals surface area contributed by atoms with E-state index in [4.69, 9.17) is 4.74 Å². The first kappa shape index (κ1) is 21.4.